The summed E-state index contributed by atoms with van der Waals surface area (Å²) < 4.78 is 11.1. The Hall–Kier alpha value is -4.39. The van der Waals surface area contributed by atoms with Gasteiger partial charge in [0.1, 0.15) is 17.2 Å². The van der Waals surface area contributed by atoms with Gasteiger partial charge in [-0.15, -0.1) is 0 Å². The third-order valence-electron chi connectivity index (χ3n) is 4.62. The Morgan fingerprint density at radius 1 is 0.935 bits per heavy atom. The van der Waals surface area contributed by atoms with Gasteiger partial charge < -0.3 is 20.5 Å². The van der Waals surface area contributed by atoms with E-state index >= 15 is 0 Å². The van der Waals surface area contributed by atoms with Crippen molar-refractivity contribution in [2.24, 2.45) is 5.73 Å². The van der Waals surface area contributed by atoms with Crippen molar-refractivity contribution in [2.45, 2.75) is 0 Å². The number of pyridine rings is 1. The number of nitrogens with one attached hydrogen (secondary N) is 1. The maximum absolute atomic E-state index is 12.7. The highest BCUT2D eigenvalue weighted by molar-refractivity contribution is 6.05. The lowest BCUT2D eigenvalue weighted by atomic mass is 10.1. The quantitative estimate of drug-likeness (QED) is 0.488. The van der Waals surface area contributed by atoms with Crippen molar-refractivity contribution < 1.29 is 19.1 Å². The number of ether oxygens (including phenoxy) is 2. The van der Waals surface area contributed by atoms with Crippen molar-refractivity contribution in [3.63, 3.8) is 0 Å². The fourth-order valence-corrected chi connectivity index (χ4v) is 3.13. The number of nitrogens with zero attached hydrogens (tertiary/aromatic N) is 1. The molecule has 1 aromatic heterocycles. The lowest BCUT2D eigenvalue weighted by molar-refractivity contribution is 0.0995. The van der Waals surface area contributed by atoms with E-state index in [1.165, 1.54) is 7.11 Å². The number of carbonyl (C=O) groups is 2. The maximum atomic E-state index is 12.7. The molecule has 0 saturated heterocycles. The lowest BCUT2D eigenvalue weighted by Crippen LogP contribution is -2.14. The number of benzene rings is 3. The van der Waals surface area contributed by atoms with Crippen LogP contribution >= 0.6 is 0 Å². The van der Waals surface area contributed by atoms with Gasteiger partial charge in [0.25, 0.3) is 11.8 Å². The lowest BCUT2D eigenvalue weighted by Gasteiger charge is -2.11. The molecule has 4 rings (SSSR count). The third kappa shape index (κ3) is 4.30. The first-order chi connectivity index (χ1) is 15.0. The topological polar surface area (TPSA) is 104 Å². The highest BCUT2D eigenvalue weighted by atomic mass is 16.5. The standard InChI is InChI=1S/C24H19N3O4/c1-30-24-18-7-3-2-6-15(18)14-20(27-24)23(29)26-16-10-12-17(13-11-16)31-21-9-5-4-8-19(21)22(25)28/h2-14H,1H3,(H2,25,28)(H,26,29). The number of primary amides is 1. The second-order valence-corrected chi connectivity index (χ2v) is 6.68. The molecule has 3 aromatic carbocycles. The molecule has 0 aliphatic heterocycles. The molecule has 0 bridgehead atoms. The Bertz CT molecular complexity index is 1270. The molecule has 1 heterocycles. The first-order valence-electron chi connectivity index (χ1n) is 9.47. The van der Waals surface area contributed by atoms with Crippen molar-refractivity contribution in [1.29, 1.82) is 0 Å². The molecule has 31 heavy (non-hydrogen) atoms. The van der Waals surface area contributed by atoms with Gasteiger partial charge in [0.05, 0.1) is 12.7 Å². The number of carbonyl (C=O) groups excluding carboxylic acids is 2. The van der Waals surface area contributed by atoms with Gasteiger partial charge in [-0.3, -0.25) is 9.59 Å². The van der Waals surface area contributed by atoms with E-state index < -0.39 is 5.91 Å². The molecule has 2 amide bonds. The number of fused-ring (bicyclic) bond motifs is 1. The van der Waals surface area contributed by atoms with E-state index in [2.05, 4.69) is 10.3 Å². The van der Waals surface area contributed by atoms with Gasteiger partial charge in [-0.25, -0.2) is 4.98 Å². The Balaban J connectivity index is 1.51. The molecule has 154 valence electrons. The molecule has 3 N–H and O–H groups in total. The Morgan fingerprint density at radius 3 is 2.39 bits per heavy atom. The minimum absolute atomic E-state index is 0.242. The van der Waals surface area contributed by atoms with Crippen LogP contribution in [-0.4, -0.2) is 23.9 Å². The normalized spacial score (nSPS) is 10.5. The summed E-state index contributed by atoms with van der Waals surface area (Å²) in [7, 11) is 1.52. The number of methoxy groups -OCH3 is 1. The Kier molecular flexibility index (Phi) is 5.49. The molecule has 0 aliphatic rings. The van der Waals surface area contributed by atoms with Crippen LogP contribution in [0.4, 0.5) is 5.69 Å². The first-order valence-corrected chi connectivity index (χ1v) is 9.47. The van der Waals surface area contributed by atoms with Gasteiger partial charge in [-0.05, 0) is 53.9 Å². The van der Waals surface area contributed by atoms with Gasteiger partial charge >= 0.3 is 0 Å². The molecule has 0 unspecified atom stereocenters. The van der Waals surface area contributed by atoms with Crippen LogP contribution in [-0.2, 0) is 0 Å². The van der Waals surface area contributed by atoms with Gasteiger partial charge in [0.15, 0.2) is 0 Å². The third-order valence-corrected chi connectivity index (χ3v) is 4.62. The van der Waals surface area contributed by atoms with Crippen LogP contribution in [0.15, 0.2) is 78.9 Å². The fourth-order valence-electron chi connectivity index (χ4n) is 3.13. The zero-order valence-electron chi connectivity index (χ0n) is 16.7. The monoisotopic (exact) mass is 413 g/mol. The van der Waals surface area contributed by atoms with E-state index in [0.29, 0.717) is 23.1 Å². The highest BCUT2D eigenvalue weighted by Gasteiger charge is 2.13. The van der Waals surface area contributed by atoms with E-state index in [-0.39, 0.29) is 17.2 Å². The van der Waals surface area contributed by atoms with Crippen LogP contribution in [0.1, 0.15) is 20.8 Å². The number of nitrogens with two attached hydrogens (primary N) is 1. The summed E-state index contributed by atoms with van der Waals surface area (Å²) in [5, 5.41) is 4.50. The van der Waals surface area contributed by atoms with Crippen molar-refractivity contribution in [2.75, 3.05) is 12.4 Å². The van der Waals surface area contributed by atoms with E-state index in [1.807, 2.05) is 24.3 Å². The minimum Gasteiger partial charge on any atom is -0.481 e. The number of para-hydroxylation sites is 1. The second kappa shape index (κ2) is 8.54. The SMILES string of the molecule is COc1nc(C(=O)Nc2ccc(Oc3ccccc3C(N)=O)cc2)cc2ccccc12. The van der Waals surface area contributed by atoms with E-state index in [1.54, 1.807) is 54.6 Å². The van der Waals surface area contributed by atoms with Crippen molar-refractivity contribution in [1.82, 2.24) is 4.98 Å². The van der Waals surface area contributed by atoms with Crippen LogP contribution in [0.5, 0.6) is 17.4 Å². The molecule has 0 atom stereocenters. The van der Waals surface area contributed by atoms with Crippen LogP contribution < -0.4 is 20.5 Å². The van der Waals surface area contributed by atoms with Gasteiger partial charge in [-0.2, -0.15) is 0 Å². The van der Waals surface area contributed by atoms with E-state index in [9.17, 15) is 9.59 Å². The first kappa shape index (κ1) is 19.9. The van der Waals surface area contributed by atoms with E-state index in [4.69, 9.17) is 15.2 Å². The molecule has 0 aliphatic carbocycles. The Morgan fingerprint density at radius 2 is 1.65 bits per heavy atom. The summed E-state index contributed by atoms with van der Waals surface area (Å²) in [5.74, 6) is 0.311. The molecule has 7 heteroatoms. The summed E-state index contributed by atoms with van der Waals surface area (Å²) in [6.45, 7) is 0. The number of aromatic nitrogens is 1. The molecule has 4 aromatic rings. The molecule has 0 fully saturated rings. The molecule has 0 spiro atoms. The van der Waals surface area contributed by atoms with Crippen LogP contribution in [0.3, 0.4) is 0 Å². The van der Waals surface area contributed by atoms with Crippen molar-refractivity contribution in [3.05, 3.63) is 90.1 Å². The average molecular weight is 413 g/mol. The summed E-state index contributed by atoms with van der Waals surface area (Å²) in [6.07, 6.45) is 0. The molecule has 0 saturated carbocycles. The van der Waals surface area contributed by atoms with Crippen LogP contribution in [0.25, 0.3) is 10.8 Å². The number of amides is 2. The number of rotatable bonds is 6. The zero-order chi connectivity index (χ0) is 21.8. The number of hydrogen-bond donors (Lipinski definition) is 2. The minimum atomic E-state index is -0.571. The second-order valence-electron chi connectivity index (χ2n) is 6.68. The van der Waals surface area contributed by atoms with Gasteiger partial charge in [0.2, 0.25) is 5.88 Å². The largest absolute Gasteiger partial charge is 0.481 e. The van der Waals surface area contributed by atoms with Crippen LogP contribution in [0, 0.1) is 0 Å². The van der Waals surface area contributed by atoms with Gasteiger partial charge in [0, 0.05) is 11.1 Å². The van der Waals surface area contributed by atoms with Crippen LogP contribution in [0.2, 0.25) is 0 Å². The summed E-state index contributed by atoms with van der Waals surface area (Å²) >= 11 is 0. The smallest absolute Gasteiger partial charge is 0.274 e. The molecular formula is C24H19N3O4. The number of hydrogen-bond acceptors (Lipinski definition) is 5. The maximum Gasteiger partial charge on any atom is 0.274 e. The number of anilines is 1. The van der Waals surface area contributed by atoms with Crippen molar-refractivity contribution in [3.8, 4) is 17.4 Å². The molecule has 0 radical (unpaired) electrons. The predicted molar refractivity (Wildman–Crippen MR) is 118 cm³/mol. The van der Waals surface area contributed by atoms with E-state index in [0.717, 1.165) is 10.8 Å². The fraction of sp³-hybridized carbons (Fsp3) is 0.0417. The molecular weight excluding hydrogens is 394 g/mol. The average Bonchev–Trinajstić information content (AvgIpc) is 2.79. The Labute approximate surface area is 178 Å². The summed E-state index contributed by atoms with van der Waals surface area (Å²) in [4.78, 5) is 28.6. The predicted octanol–water partition coefficient (Wildman–Crippen LogP) is 4.39. The van der Waals surface area contributed by atoms with Crippen molar-refractivity contribution >= 4 is 28.3 Å². The highest BCUT2D eigenvalue weighted by Crippen LogP contribution is 2.27. The molecule has 7 nitrogen and oxygen atoms in total. The van der Waals surface area contributed by atoms with Gasteiger partial charge in [-0.1, -0.05) is 30.3 Å². The summed E-state index contributed by atoms with van der Waals surface area (Å²) in [5.41, 5.74) is 6.47. The summed E-state index contributed by atoms with van der Waals surface area (Å²) in [6, 6.07) is 22.7. The zero-order valence-corrected chi connectivity index (χ0v) is 16.7.